The molecule has 0 aromatic heterocycles. The molecule has 5 heteroatoms. The van der Waals surface area contributed by atoms with Crippen molar-refractivity contribution in [2.45, 2.75) is 51.5 Å². The number of hydrogen-bond acceptors (Lipinski definition) is 2. The van der Waals surface area contributed by atoms with Crippen LogP contribution < -0.4 is 0 Å². The molecule has 25 heavy (non-hydrogen) atoms. The van der Waals surface area contributed by atoms with Crippen LogP contribution in [0.5, 0.6) is 0 Å². The highest BCUT2D eigenvalue weighted by Crippen LogP contribution is 2.35. The van der Waals surface area contributed by atoms with Crippen molar-refractivity contribution in [1.29, 1.82) is 0 Å². The van der Waals surface area contributed by atoms with Gasteiger partial charge in [0.15, 0.2) is 0 Å². The van der Waals surface area contributed by atoms with E-state index < -0.39 is 0 Å². The minimum absolute atomic E-state index is 0.0395. The predicted molar refractivity (Wildman–Crippen MR) is 102 cm³/mol. The van der Waals surface area contributed by atoms with E-state index in [1.54, 1.807) is 0 Å². The van der Waals surface area contributed by atoms with Gasteiger partial charge >= 0.3 is 0 Å². The maximum atomic E-state index is 13.2. The second kappa shape index (κ2) is 8.35. The van der Waals surface area contributed by atoms with E-state index in [4.69, 9.17) is 0 Å². The van der Waals surface area contributed by atoms with Crippen LogP contribution in [-0.4, -0.2) is 41.2 Å². The van der Waals surface area contributed by atoms with Crippen LogP contribution in [0.1, 0.15) is 57.1 Å². The molecule has 2 fully saturated rings. The maximum absolute atomic E-state index is 13.2. The Hall–Kier alpha value is -1.36. The minimum atomic E-state index is -0.0395. The van der Waals surface area contributed by atoms with E-state index in [9.17, 15) is 9.59 Å². The summed E-state index contributed by atoms with van der Waals surface area (Å²) in [5, 5.41) is 0. The second-order valence-electron chi connectivity index (χ2n) is 7.17. The van der Waals surface area contributed by atoms with Gasteiger partial charge < -0.3 is 9.80 Å². The Morgan fingerprint density at radius 2 is 2.00 bits per heavy atom. The lowest BCUT2D eigenvalue weighted by Crippen LogP contribution is -2.46. The predicted octanol–water partition coefficient (Wildman–Crippen LogP) is 4.15. The lowest BCUT2D eigenvalue weighted by atomic mass is 9.95. The third kappa shape index (κ3) is 4.25. The van der Waals surface area contributed by atoms with Gasteiger partial charge in [-0.3, -0.25) is 9.59 Å². The molecule has 1 aromatic carbocycles. The number of carbonyl (C=O) groups excluding carboxylic acids is 2. The summed E-state index contributed by atoms with van der Waals surface area (Å²) in [4.78, 5) is 29.3. The van der Waals surface area contributed by atoms with Gasteiger partial charge in [-0.1, -0.05) is 35.0 Å². The summed E-state index contributed by atoms with van der Waals surface area (Å²) in [5.41, 5.74) is 1.20. The van der Waals surface area contributed by atoms with Crippen molar-refractivity contribution < 1.29 is 9.59 Å². The van der Waals surface area contributed by atoms with E-state index in [-0.39, 0.29) is 23.8 Å². The van der Waals surface area contributed by atoms with Gasteiger partial charge in [-0.2, -0.15) is 0 Å². The average Bonchev–Trinajstić information content (AvgIpc) is 3.11. The van der Waals surface area contributed by atoms with E-state index in [2.05, 4.69) is 33.0 Å². The smallest absolute Gasteiger partial charge is 0.227 e. The van der Waals surface area contributed by atoms with E-state index in [1.165, 1.54) is 5.56 Å². The Labute approximate surface area is 158 Å². The molecule has 2 heterocycles. The molecule has 0 aliphatic carbocycles. The quantitative estimate of drug-likeness (QED) is 0.753. The fraction of sp³-hybridized carbons (Fsp3) is 0.600. The molecule has 2 aliphatic rings. The Kier molecular flexibility index (Phi) is 6.15. The van der Waals surface area contributed by atoms with Crippen LogP contribution in [0.2, 0.25) is 0 Å². The summed E-state index contributed by atoms with van der Waals surface area (Å²) in [6.07, 6.45) is 5.36. The first-order valence-corrected chi connectivity index (χ1v) is 10.2. The standard InChI is InChI=1S/C20H27BrN2O2/c1-2-6-19(24)22-11-4-8-16(14-22)20(25)23-12-5-10-18(23)15-7-3-9-17(21)13-15/h3,7,9,13,16,18H,2,4-6,8,10-12,14H2,1H3. The Balaban J connectivity index is 1.70. The van der Waals surface area contributed by atoms with E-state index in [1.807, 2.05) is 24.0 Å². The Morgan fingerprint density at radius 3 is 2.76 bits per heavy atom. The first-order valence-electron chi connectivity index (χ1n) is 9.44. The van der Waals surface area contributed by atoms with Crippen LogP contribution in [0.3, 0.4) is 0 Å². The molecule has 0 spiro atoms. The molecule has 2 saturated heterocycles. The van der Waals surface area contributed by atoms with Crippen LogP contribution >= 0.6 is 15.9 Å². The van der Waals surface area contributed by atoms with Gasteiger partial charge in [0.05, 0.1) is 12.0 Å². The molecule has 3 rings (SSSR count). The number of rotatable bonds is 4. The molecule has 0 radical (unpaired) electrons. The second-order valence-corrected chi connectivity index (χ2v) is 8.09. The number of hydrogen-bond donors (Lipinski definition) is 0. The molecule has 2 amide bonds. The summed E-state index contributed by atoms with van der Waals surface area (Å²) in [5.74, 6) is 0.392. The summed E-state index contributed by atoms with van der Waals surface area (Å²) in [6, 6.07) is 8.45. The van der Waals surface area contributed by atoms with Crippen molar-refractivity contribution in [3.63, 3.8) is 0 Å². The number of amides is 2. The SMILES string of the molecule is CCCC(=O)N1CCCC(C(=O)N2CCCC2c2cccc(Br)c2)C1. The molecule has 2 aliphatic heterocycles. The summed E-state index contributed by atoms with van der Waals surface area (Å²) in [6.45, 7) is 4.25. The highest BCUT2D eigenvalue weighted by atomic mass is 79.9. The number of halogens is 1. The van der Waals surface area contributed by atoms with Gasteiger partial charge in [-0.15, -0.1) is 0 Å². The van der Waals surface area contributed by atoms with Crippen molar-refractivity contribution in [3.8, 4) is 0 Å². The molecule has 2 atom stereocenters. The van der Waals surface area contributed by atoms with E-state index in [0.29, 0.717) is 13.0 Å². The van der Waals surface area contributed by atoms with Crippen LogP contribution in [0.25, 0.3) is 0 Å². The molecule has 1 aromatic rings. The molecule has 0 N–H and O–H groups in total. The van der Waals surface area contributed by atoms with Gasteiger partial charge in [0.2, 0.25) is 11.8 Å². The zero-order valence-electron chi connectivity index (χ0n) is 14.9. The first-order chi connectivity index (χ1) is 12.1. The van der Waals surface area contributed by atoms with Crippen LogP contribution in [0.15, 0.2) is 28.7 Å². The number of nitrogens with zero attached hydrogens (tertiary/aromatic N) is 2. The van der Waals surface area contributed by atoms with Crippen LogP contribution in [-0.2, 0) is 9.59 Å². The lowest BCUT2D eigenvalue weighted by molar-refractivity contribution is -0.141. The zero-order chi connectivity index (χ0) is 17.8. The largest absolute Gasteiger partial charge is 0.342 e. The highest BCUT2D eigenvalue weighted by molar-refractivity contribution is 9.10. The third-order valence-electron chi connectivity index (χ3n) is 5.36. The summed E-state index contributed by atoms with van der Waals surface area (Å²) in [7, 11) is 0. The number of likely N-dealkylation sites (tertiary alicyclic amines) is 2. The zero-order valence-corrected chi connectivity index (χ0v) is 16.5. The average molecular weight is 407 g/mol. The molecular formula is C20H27BrN2O2. The highest BCUT2D eigenvalue weighted by Gasteiger charge is 2.36. The molecule has 136 valence electrons. The molecule has 4 nitrogen and oxygen atoms in total. The summed E-state index contributed by atoms with van der Waals surface area (Å²) >= 11 is 3.53. The lowest BCUT2D eigenvalue weighted by Gasteiger charge is -2.36. The van der Waals surface area contributed by atoms with Crippen LogP contribution in [0.4, 0.5) is 0 Å². The van der Waals surface area contributed by atoms with Gasteiger partial charge in [-0.25, -0.2) is 0 Å². The summed E-state index contributed by atoms with van der Waals surface area (Å²) < 4.78 is 1.05. The fourth-order valence-electron chi connectivity index (χ4n) is 4.10. The van der Waals surface area contributed by atoms with Crippen molar-refractivity contribution in [2.75, 3.05) is 19.6 Å². The van der Waals surface area contributed by atoms with Crippen molar-refractivity contribution in [3.05, 3.63) is 34.3 Å². The first kappa shape index (κ1) is 18.4. The van der Waals surface area contributed by atoms with Gasteiger partial charge in [-0.05, 0) is 49.8 Å². The van der Waals surface area contributed by atoms with Crippen molar-refractivity contribution in [1.82, 2.24) is 9.80 Å². The number of piperidine rings is 1. The van der Waals surface area contributed by atoms with E-state index >= 15 is 0 Å². The van der Waals surface area contributed by atoms with E-state index in [0.717, 1.165) is 49.7 Å². The Bertz CT molecular complexity index is 634. The topological polar surface area (TPSA) is 40.6 Å². The maximum Gasteiger partial charge on any atom is 0.227 e. The minimum Gasteiger partial charge on any atom is -0.342 e. The van der Waals surface area contributed by atoms with Crippen molar-refractivity contribution >= 4 is 27.7 Å². The molecule has 0 bridgehead atoms. The fourth-order valence-corrected chi connectivity index (χ4v) is 4.52. The number of benzene rings is 1. The van der Waals surface area contributed by atoms with Gasteiger partial charge in [0, 0.05) is 30.5 Å². The molecule has 0 saturated carbocycles. The van der Waals surface area contributed by atoms with Crippen molar-refractivity contribution in [2.24, 2.45) is 5.92 Å². The monoisotopic (exact) mass is 406 g/mol. The van der Waals surface area contributed by atoms with Gasteiger partial charge in [0.1, 0.15) is 0 Å². The normalized spacial score (nSPS) is 23.8. The van der Waals surface area contributed by atoms with Gasteiger partial charge in [0.25, 0.3) is 0 Å². The molecule has 2 unspecified atom stereocenters. The number of carbonyl (C=O) groups is 2. The van der Waals surface area contributed by atoms with Crippen LogP contribution in [0, 0.1) is 5.92 Å². The molecular weight excluding hydrogens is 380 g/mol. The third-order valence-corrected chi connectivity index (χ3v) is 5.85. The Morgan fingerprint density at radius 1 is 1.20 bits per heavy atom.